The Hall–Kier alpha value is -1.49. The molecule has 0 unspecified atom stereocenters. The Morgan fingerprint density at radius 2 is 2.18 bits per heavy atom. The third-order valence-corrected chi connectivity index (χ3v) is 2.78. The maximum absolute atomic E-state index is 12.0. The quantitative estimate of drug-likeness (QED) is 0.874. The lowest BCUT2D eigenvalue weighted by molar-refractivity contribution is -0.137. The normalized spacial score (nSPS) is 14.6. The summed E-state index contributed by atoms with van der Waals surface area (Å²) in [7, 11) is 0. The number of aliphatic carboxylic acids is 1. The highest BCUT2D eigenvalue weighted by atomic mass is 35.5. The first kappa shape index (κ1) is 12.0. The number of furan rings is 1. The maximum atomic E-state index is 12.0. The lowest BCUT2D eigenvalue weighted by Gasteiger charge is -2.18. The third-order valence-electron chi connectivity index (χ3n) is 2.57. The van der Waals surface area contributed by atoms with Gasteiger partial charge in [-0.1, -0.05) is 0 Å². The molecule has 5 nitrogen and oxygen atoms in total. The standard InChI is InChI=1S/C11H12ClNO4/c12-9-4-3-8(17-9)11(16)13(6-10(14)15)5-7-1-2-7/h3-4,7H,1-2,5-6H2,(H,14,15). The third kappa shape index (κ3) is 3.23. The van der Waals surface area contributed by atoms with Crippen molar-refractivity contribution in [2.75, 3.05) is 13.1 Å². The molecule has 0 aliphatic heterocycles. The van der Waals surface area contributed by atoms with E-state index in [1.54, 1.807) is 0 Å². The number of amides is 1. The minimum Gasteiger partial charge on any atom is -0.480 e. The summed E-state index contributed by atoms with van der Waals surface area (Å²) in [6, 6.07) is 2.91. The van der Waals surface area contributed by atoms with Crippen LogP contribution in [0.1, 0.15) is 23.4 Å². The van der Waals surface area contributed by atoms with Crippen molar-refractivity contribution in [3.63, 3.8) is 0 Å². The number of halogens is 1. The molecule has 1 aromatic rings. The smallest absolute Gasteiger partial charge is 0.323 e. The van der Waals surface area contributed by atoms with Crippen LogP contribution >= 0.6 is 11.6 Å². The number of rotatable bonds is 5. The van der Waals surface area contributed by atoms with Crippen molar-refractivity contribution >= 4 is 23.5 Å². The van der Waals surface area contributed by atoms with Gasteiger partial charge in [0.25, 0.3) is 5.91 Å². The Morgan fingerprint density at radius 1 is 1.47 bits per heavy atom. The van der Waals surface area contributed by atoms with E-state index in [9.17, 15) is 9.59 Å². The highest BCUT2D eigenvalue weighted by Gasteiger charge is 2.29. The molecular formula is C11H12ClNO4. The summed E-state index contributed by atoms with van der Waals surface area (Å²) in [5, 5.41) is 8.89. The monoisotopic (exact) mass is 257 g/mol. The van der Waals surface area contributed by atoms with Crippen LogP contribution in [-0.2, 0) is 4.79 Å². The maximum Gasteiger partial charge on any atom is 0.323 e. The molecule has 0 saturated heterocycles. The highest BCUT2D eigenvalue weighted by molar-refractivity contribution is 6.29. The van der Waals surface area contributed by atoms with Gasteiger partial charge in [0.1, 0.15) is 6.54 Å². The first-order valence-electron chi connectivity index (χ1n) is 5.32. The van der Waals surface area contributed by atoms with E-state index in [1.807, 2.05) is 0 Å². The van der Waals surface area contributed by atoms with E-state index in [4.69, 9.17) is 21.1 Å². The summed E-state index contributed by atoms with van der Waals surface area (Å²) in [5.74, 6) is -0.955. The summed E-state index contributed by atoms with van der Waals surface area (Å²) in [4.78, 5) is 24.0. The SMILES string of the molecule is O=C(O)CN(CC1CC1)C(=O)c1ccc(Cl)o1. The van der Waals surface area contributed by atoms with Crippen molar-refractivity contribution in [2.45, 2.75) is 12.8 Å². The lowest BCUT2D eigenvalue weighted by atomic mass is 10.3. The van der Waals surface area contributed by atoms with Gasteiger partial charge in [-0.05, 0) is 42.5 Å². The molecule has 1 amide bonds. The summed E-state index contributed by atoms with van der Waals surface area (Å²) >= 11 is 5.58. The predicted octanol–water partition coefficient (Wildman–Crippen LogP) is 1.87. The first-order valence-corrected chi connectivity index (χ1v) is 5.70. The molecule has 17 heavy (non-hydrogen) atoms. The minimum atomic E-state index is -1.03. The van der Waals surface area contributed by atoms with E-state index in [0.717, 1.165) is 12.8 Å². The number of hydrogen-bond donors (Lipinski definition) is 1. The van der Waals surface area contributed by atoms with E-state index in [1.165, 1.54) is 17.0 Å². The van der Waals surface area contributed by atoms with Crippen molar-refractivity contribution in [3.05, 3.63) is 23.1 Å². The molecule has 1 aliphatic rings. The number of hydrogen-bond acceptors (Lipinski definition) is 3. The number of carbonyl (C=O) groups is 2. The van der Waals surface area contributed by atoms with Gasteiger partial charge in [-0.2, -0.15) is 0 Å². The molecule has 1 aliphatic carbocycles. The predicted molar refractivity (Wildman–Crippen MR) is 60.0 cm³/mol. The Kier molecular flexibility index (Phi) is 3.38. The van der Waals surface area contributed by atoms with Gasteiger partial charge < -0.3 is 14.4 Å². The largest absolute Gasteiger partial charge is 0.480 e. The van der Waals surface area contributed by atoms with Crippen LogP contribution in [0.2, 0.25) is 5.22 Å². The van der Waals surface area contributed by atoms with Gasteiger partial charge in [0.05, 0.1) is 0 Å². The number of carboxylic acid groups (broad SMARTS) is 1. The lowest BCUT2D eigenvalue weighted by Crippen LogP contribution is -2.37. The molecule has 1 N–H and O–H groups in total. The van der Waals surface area contributed by atoms with Gasteiger partial charge in [0.15, 0.2) is 11.0 Å². The average molecular weight is 258 g/mol. The van der Waals surface area contributed by atoms with Crippen LogP contribution in [0.15, 0.2) is 16.5 Å². The molecule has 0 atom stereocenters. The molecule has 6 heteroatoms. The number of carboxylic acids is 1. The van der Waals surface area contributed by atoms with Crippen molar-refractivity contribution in [2.24, 2.45) is 5.92 Å². The number of nitrogens with zero attached hydrogens (tertiary/aromatic N) is 1. The highest BCUT2D eigenvalue weighted by Crippen LogP contribution is 2.30. The average Bonchev–Trinajstić information content (AvgIpc) is 2.96. The zero-order valence-corrected chi connectivity index (χ0v) is 9.81. The van der Waals surface area contributed by atoms with E-state index in [2.05, 4.69) is 0 Å². The second-order valence-electron chi connectivity index (χ2n) is 4.13. The summed E-state index contributed by atoms with van der Waals surface area (Å²) in [5.41, 5.74) is 0. The van der Waals surface area contributed by atoms with Gasteiger partial charge in [-0.15, -0.1) is 0 Å². The molecule has 0 spiro atoms. The van der Waals surface area contributed by atoms with Crippen LogP contribution in [0.4, 0.5) is 0 Å². The fraction of sp³-hybridized carbons (Fsp3) is 0.455. The van der Waals surface area contributed by atoms with Crippen molar-refractivity contribution in [1.82, 2.24) is 4.90 Å². The molecule has 1 heterocycles. The van der Waals surface area contributed by atoms with Crippen LogP contribution in [0.25, 0.3) is 0 Å². The topological polar surface area (TPSA) is 70.8 Å². The summed E-state index contributed by atoms with van der Waals surface area (Å²) in [6.45, 7) is 0.150. The van der Waals surface area contributed by atoms with E-state index < -0.39 is 11.9 Å². The Bertz CT molecular complexity index is 438. The minimum absolute atomic E-state index is 0.0805. The molecule has 92 valence electrons. The molecule has 1 fully saturated rings. The van der Waals surface area contributed by atoms with E-state index in [-0.39, 0.29) is 17.5 Å². The fourth-order valence-corrected chi connectivity index (χ4v) is 1.73. The van der Waals surface area contributed by atoms with Gasteiger partial charge in [-0.25, -0.2) is 0 Å². The van der Waals surface area contributed by atoms with Crippen LogP contribution in [0.3, 0.4) is 0 Å². The zero-order chi connectivity index (χ0) is 12.4. The Morgan fingerprint density at radius 3 is 2.65 bits per heavy atom. The van der Waals surface area contributed by atoms with Crippen molar-refractivity contribution < 1.29 is 19.1 Å². The van der Waals surface area contributed by atoms with E-state index >= 15 is 0 Å². The van der Waals surface area contributed by atoms with Crippen molar-refractivity contribution in [3.8, 4) is 0 Å². The van der Waals surface area contributed by atoms with Crippen LogP contribution in [0, 0.1) is 5.92 Å². The zero-order valence-electron chi connectivity index (χ0n) is 9.06. The molecule has 0 aromatic carbocycles. The number of carbonyl (C=O) groups excluding carboxylic acids is 1. The van der Waals surface area contributed by atoms with Crippen molar-refractivity contribution in [1.29, 1.82) is 0 Å². The van der Waals surface area contributed by atoms with Crippen LogP contribution in [-0.4, -0.2) is 35.0 Å². The van der Waals surface area contributed by atoms with Gasteiger partial charge in [-0.3, -0.25) is 9.59 Å². The Balaban J connectivity index is 2.07. The van der Waals surface area contributed by atoms with Gasteiger partial charge in [0.2, 0.25) is 0 Å². The van der Waals surface area contributed by atoms with E-state index in [0.29, 0.717) is 12.5 Å². The van der Waals surface area contributed by atoms with Crippen LogP contribution in [0.5, 0.6) is 0 Å². The molecule has 2 rings (SSSR count). The Labute approximate surface area is 103 Å². The second kappa shape index (κ2) is 4.79. The van der Waals surface area contributed by atoms with Gasteiger partial charge >= 0.3 is 5.97 Å². The second-order valence-corrected chi connectivity index (χ2v) is 4.50. The molecule has 0 radical (unpaired) electrons. The summed E-state index contributed by atoms with van der Waals surface area (Å²) in [6.07, 6.45) is 2.09. The molecule has 1 saturated carbocycles. The van der Waals surface area contributed by atoms with Crippen LogP contribution < -0.4 is 0 Å². The molecular weight excluding hydrogens is 246 g/mol. The molecule has 0 bridgehead atoms. The summed E-state index contributed by atoms with van der Waals surface area (Å²) < 4.78 is 4.99. The van der Waals surface area contributed by atoms with Gasteiger partial charge in [0, 0.05) is 6.54 Å². The first-order chi connectivity index (χ1) is 8.06. The fourth-order valence-electron chi connectivity index (χ4n) is 1.58. The molecule has 1 aromatic heterocycles.